The van der Waals surface area contributed by atoms with E-state index in [9.17, 15) is 8.78 Å². The van der Waals surface area contributed by atoms with Crippen LogP contribution in [0.2, 0.25) is 0 Å². The second-order valence-corrected chi connectivity index (χ2v) is 4.74. The smallest absolute Gasteiger partial charge is 0.143 e. The fraction of sp³-hybridized carbons (Fsp3) is 0.0625. The summed E-state index contributed by atoms with van der Waals surface area (Å²) in [5.74, 6) is -0.767. The van der Waals surface area contributed by atoms with Crippen LogP contribution in [0.3, 0.4) is 0 Å². The summed E-state index contributed by atoms with van der Waals surface area (Å²) >= 11 is 0. The van der Waals surface area contributed by atoms with Gasteiger partial charge in [0.1, 0.15) is 17.5 Å². The molecule has 3 aromatic rings. The molecule has 1 heterocycles. The SMILES string of the molecule is Nc1ccc(Cn2ccnc2-c2ccc(F)cc2F)cc1. The van der Waals surface area contributed by atoms with E-state index < -0.39 is 11.6 Å². The van der Waals surface area contributed by atoms with Gasteiger partial charge in [-0.05, 0) is 29.8 Å². The number of imidazole rings is 1. The molecule has 0 aliphatic heterocycles. The highest BCUT2D eigenvalue weighted by atomic mass is 19.1. The third-order valence-corrected chi connectivity index (χ3v) is 3.22. The van der Waals surface area contributed by atoms with Crippen LogP contribution in [0.15, 0.2) is 54.9 Å². The van der Waals surface area contributed by atoms with Crippen molar-refractivity contribution in [3.05, 3.63) is 72.1 Å². The van der Waals surface area contributed by atoms with E-state index >= 15 is 0 Å². The number of halogens is 2. The summed E-state index contributed by atoms with van der Waals surface area (Å²) in [7, 11) is 0. The first-order valence-electron chi connectivity index (χ1n) is 6.44. The zero-order valence-electron chi connectivity index (χ0n) is 11.1. The first-order valence-corrected chi connectivity index (χ1v) is 6.44. The Morgan fingerprint density at radius 3 is 2.52 bits per heavy atom. The molecule has 5 heteroatoms. The number of rotatable bonds is 3. The lowest BCUT2D eigenvalue weighted by Gasteiger charge is -2.09. The summed E-state index contributed by atoms with van der Waals surface area (Å²) in [6.07, 6.45) is 3.35. The van der Waals surface area contributed by atoms with E-state index in [1.54, 1.807) is 12.4 Å². The summed E-state index contributed by atoms with van der Waals surface area (Å²) in [5.41, 5.74) is 7.63. The molecule has 0 aliphatic rings. The molecule has 0 amide bonds. The van der Waals surface area contributed by atoms with Crippen molar-refractivity contribution in [3.63, 3.8) is 0 Å². The summed E-state index contributed by atoms with van der Waals surface area (Å²) in [6, 6.07) is 10.9. The predicted molar refractivity (Wildman–Crippen MR) is 77.5 cm³/mol. The molecule has 106 valence electrons. The average molecular weight is 285 g/mol. The highest BCUT2D eigenvalue weighted by Gasteiger charge is 2.12. The van der Waals surface area contributed by atoms with Crippen LogP contribution in [0.25, 0.3) is 11.4 Å². The lowest BCUT2D eigenvalue weighted by molar-refractivity contribution is 0.584. The largest absolute Gasteiger partial charge is 0.399 e. The Labute approximate surface area is 120 Å². The van der Waals surface area contributed by atoms with Gasteiger partial charge < -0.3 is 10.3 Å². The third kappa shape index (κ3) is 2.76. The van der Waals surface area contributed by atoms with Crippen LogP contribution >= 0.6 is 0 Å². The van der Waals surface area contributed by atoms with Gasteiger partial charge in [0, 0.05) is 30.7 Å². The lowest BCUT2D eigenvalue weighted by atomic mass is 10.1. The number of nitrogen functional groups attached to an aromatic ring is 1. The third-order valence-electron chi connectivity index (χ3n) is 3.22. The van der Waals surface area contributed by atoms with Gasteiger partial charge in [-0.2, -0.15) is 0 Å². The van der Waals surface area contributed by atoms with Crippen molar-refractivity contribution in [1.29, 1.82) is 0 Å². The average Bonchev–Trinajstić information content (AvgIpc) is 2.89. The van der Waals surface area contributed by atoms with E-state index in [0.717, 1.165) is 11.6 Å². The first kappa shape index (κ1) is 13.3. The lowest BCUT2D eigenvalue weighted by Crippen LogP contribution is -2.02. The van der Waals surface area contributed by atoms with Gasteiger partial charge in [-0.25, -0.2) is 13.8 Å². The van der Waals surface area contributed by atoms with Gasteiger partial charge in [0.25, 0.3) is 0 Å². The topological polar surface area (TPSA) is 43.8 Å². The van der Waals surface area contributed by atoms with Crippen molar-refractivity contribution >= 4 is 5.69 Å². The maximum atomic E-state index is 13.9. The Balaban J connectivity index is 1.95. The fourth-order valence-corrected chi connectivity index (χ4v) is 2.17. The van der Waals surface area contributed by atoms with E-state index in [1.165, 1.54) is 12.1 Å². The quantitative estimate of drug-likeness (QED) is 0.749. The molecule has 3 nitrogen and oxygen atoms in total. The summed E-state index contributed by atoms with van der Waals surface area (Å²) in [5, 5.41) is 0. The molecule has 0 spiro atoms. The number of nitrogens with two attached hydrogens (primary N) is 1. The molecule has 2 N–H and O–H groups in total. The maximum absolute atomic E-state index is 13.9. The fourth-order valence-electron chi connectivity index (χ4n) is 2.17. The van der Waals surface area contributed by atoms with E-state index in [2.05, 4.69) is 4.98 Å². The van der Waals surface area contributed by atoms with Crippen molar-refractivity contribution in [1.82, 2.24) is 9.55 Å². The number of anilines is 1. The van der Waals surface area contributed by atoms with Gasteiger partial charge in [-0.15, -0.1) is 0 Å². The molecule has 0 unspecified atom stereocenters. The predicted octanol–water partition coefficient (Wildman–Crippen LogP) is 3.46. The van der Waals surface area contributed by atoms with Crippen molar-refractivity contribution in [2.45, 2.75) is 6.54 Å². The van der Waals surface area contributed by atoms with Gasteiger partial charge in [0.05, 0.1) is 5.56 Å². The van der Waals surface area contributed by atoms with Crippen LogP contribution in [-0.4, -0.2) is 9.55 Å². The van der Waals surface area contributed by atoms with Gasteiger partial charge in [0.15, 0.2) is 0 Å². The minimum absolute atomic E-state index is 0.275. The Bertz CT molecular complexity index is 763. The van der Waals surface area contributed by atoms with E-state index in [4.69, 9.17) is 5.73 Å². The molecular weight excluding hydrogens is 272 g/mol. The molecule has 0 saturated carbocycles. The second kappa shape index (κ2) is 5.36. The van der Waals surface area contributed by atoms with Gasteiger partial charge in [0.2, 0.25) is 0 Å². The molecule has 0 bridgehead atoms. The first-order chi connectivity index (χ1) is 10.1. The van der Waals surface area contributed by atoms with Crippen LogP contribution in [0.5, 0.6) is 0 Å². The number of aromatic nitrogens is 2. The van der Waals surface area contributed by atoms with Crippen LogP contribution in [-0.2, 0) is 6.54 Å². The standard InChI is InChI=1S/C16H13F2N3/c17-12-3-6-14(15(18)9-12)16-20-7-8-21(16)10-11-1-4-13(19)5-2-11/h1-9H,10,19H2. The van der Waals surface area contributed by atoms with Gasteiger partial charge >= 0.3 is 0 Å². The van der Waals surface area contributed by atoms with E-state index in [1.807, 2.05) is 28.8 Å². The summed E-state index contributed by atoms with van der Waals surface area (Å²) in [4.78, 5) is 4.17. The summed E-state index contributed by atoms with van der Waals surface area (Å²) < 4.78 is 28.7. The Morgan fingerprint density at radius 2 is 1.81 bits per heavy atom. The monoisotopic (exact) mass is 285 g/mol. The molecule has 2 aromatic carbocycles. The van der Waals surface area contributed by atoms with E-state index in [-0.39, 0.29) is 5.56 Å². The molecular formula is C16H13F2N3. The van der Waals surface area contributed by atoms with Crippen LogP contribution < -0.4 is 5.73 Å². The van der Waals surface area contributed by atoms with Crippen LogP contribution in [0.4, 0.5) is 14.5 Å². The maximum Gasteiger partial charge on any atom is 0.143 e. The summed E-state index contributed by atoms with van der Waals surface area (Å²) in [6.45, 7) is 0.534. The molecule has 3 rings (SSSR count). The van der Waals surface area contributed by atoms with Crippen LogP contribution in [0.1, 0.15) is 5.56 Å². The molecule has 0 radical (unpaired) electrons. The van der Waals surface area contributed by atoms with Crippen molar-refractivity contribution < 1.29 is 8.78 Å². The Kier molecular flexibility index (Phi) is 3.39. The Hall–Kier alpha value is -2.69. The van der Waals surface area contributed by atoms with Gasteiger partial charge in [-0.1, -0.05) is 12.1 Å². The van der Waals surface area contributed by atoms with Crippen molar-refractivity contribution in [2.24, 2.45) is 0 Å². The number of hydrogen-bond acceptors (Lipinski definition) is 2. The Morgan fingerprint density at radius 1 is 1.05 bits per heavy atom. The zero-order valence-corrected chi connectivity index (χ0v) is 11.1. The minimum Gasteiger partial charge on any atom is -0.399 e. The van der Waals surface area contributed by atoms with Crippen molar-refractivity contribution in [3.8, 4) is 11.4 Å². The highest BCUT2D eigenvalue weighted by molar-refractivity contribution is 5.56. The molecule has 21 heavy (non-hydrogen) atoms. The number of nitrogens with zero attached hydrogens (tertiary/aromatic N) is 2. The number of benzene rings is 2. The highest BCUT2D eigenvalue weighted by Crippen LogP contribution is 2.22. The normalized spacial score (nSPS) is 10.8. The number of hydrogen-bond donors (Lipinski definition) is 1. The van der Waals surface area contributed by atoms with Gasteiger partial charge in [-0.3, -0.25) is 0 Å². The molecule has 1 aromatic heterocycles. The molecule has 0 fully saturated rings. The molecule has 0 atom stereocenters. The zero-order chi connectivity index (χ0) is 14.8. The van der Waals surface area contributed by atoms with Crippen LogP contribution in [0, 0.1) is 11.6 Å². The molecule has 0 aliphatic carbocycles. The van der Waals surface area contributed by atoms with E-state index in [0.29, 0.717) is 18.1 Å². The minimum atomic E-state index is -0.625. The van der Waals surface area contributed by atoms with Crippen molar-refractivity contribution in [2.75, 3.05) is 5.73 Å². The molecule has 0 saturated heterocycles. The second-order valence-electron chi connectivity index (χ2n) is 4.74.